The van der Waals surface area contributed by atoms with E-state index in [0.717, 1.165) is 5.69 Å². The topological polar surface area (TPSA) is 34.1 Å². The summed E-state index contributed by atoms with van der Waals surface area (Å²) in [7, 11) is 0. The molecule has 0 spiro atoms. The molecule has 1 N–H and O–H groups in total. The second kappa shape index (κ2) is 4.32. The Bertz CT molecular complexity index is 361. The van der Waals surface area contributed by atoms with Gasteiger partial charge in [-0.3, -0.25) is 0 Å². The first-order chi connectivity index (χ1) is 7.65. The van der Waals surface area contributed by atoms with E-state index in [1.165, 1.54) is 12.8 Å². The van der Waals surface area contributed by atoms with E-state index in [9.17, 15) is 0 Å². The minimum absolute atomic E-state index is 0.458. The molecule has 0 aliphatic heterocycles. The normalized spacial score (nSPS) is 18.9. The van der Waals surface area contributed by atoms with E-state index < -0.39 is 0 Å². The molecule has 1 heterocycles. The van der Waals surface area contributed by atoms with Crippen LogP contribution in [-0.4, -0.2) is 17.6 Å². The maximum atomic E-state index is 5.50. The van der Waals surface area contributed by atoms with Crippen molar-refractivity contribution in [2.75, 3.05) is 11.9 Å². The van der Waals surface area contributed by atoms with Crippen LogP contribution in [0, 0.1) is 5.41 Å². The van der Waals surface area contributed by atoms with Crippen LogP contribution in [0.25, 0.3) is 0 Å². The zero-order valence-electron chi connectivity index (χ0n) is 10.3. The van der Waals surface area contributed by atoms with Crippen molar-refractivity contribution < 1.29 is 4.74 Å². The molecule has 1 saturated carbocycles. The van der Waals surface area contributed by atoms with Crippen LogP contribution in [0.3, 0.4) is 0 Å². The van der Waals surface area contributed by atoms with Gasteiger partial charge in [-0.1, -0.05) is 6.92 Å². The Morgan fingerprint density at radius 2 is 2.31 bits per heavy atom. The largest absolute Gasteiger partial charge is 0.476 e. The summed E-state index contributed by atoms with van der Waals surface area (Å²) in [6.07, 6.45) is 4.39. The Labute approximate surface area is 97.2 Å². The molecule has 16 heavy (non-hydrogen) atoms. The maximum Gasteiger partial charge on any atom is 0.237 e. The van der Waals surface area contributed by atoms with Gasteiger partial charge in [0.15, 0.2) is 0 Å². The Morgan fingerprint density at radius 3 is 2.94 bits per heavy atom. The van der Waals surface area contributed by atoms with Crippen molar-refractivity contribution in [2.45, 2.75) is 39.7 Å². The molecule has 1 aromatic heterocycles. The molecule has 1 aliphatic carbocycles. The van der Waals surface area contributed by atoms with Gasteiger partial charge in [-0.05, 0) is 44.2 Å². The van der Waals surface area contributed by atoms with Crippen LogP contribution in [0.2, 0.25) is 0 Å². The molecule has 3 nitrogen and oxygen atoms in total. The number of rotatable bonds is 5. The van der Waals surface area contributed by atoms with Crippen molar-refractivity contribution in [1.29, 1.82) is 0 Å². The monoisotopic (exact) mass is 220 g/mol. The summed E-state index contributed by atoms with van der Waals surface area (Å²) in [6, 6.07) is 4.43. The molecule has 0 saturated heterocycles. The Kier molecular flexibility index (Phi) is 3.03. The van der Waals surface area contributed by atoms with Gasteiger partial charge in [0.1, 0.15) is 0 Å². The molecule has 1 aliphatic rings. The number of pyridine rings is 1. The van der Waals surface area contributed by atoms with Crippen LogP contribution in [0.4, 0.5) is 5.69 Å². The lowest BCUT2D eigenvalue weighted by Gasteiger charge is -2.22. The minimum atomic E-state index is 0.458. The van der Waals surface area contributed by atoms with Crippen molar-refractivity contribution in [2.24, 2.45) is 5.41 Å². The average molecular weight is 220 g/mol. The lowest BCUT2D eigenvalue weighted by atomic mass is 10.0. The van der Waals surface area contributed by atoms with Crippen molar-refractivity contribution in [1.82, 2.24) is 4.98 Å². The number of nitrogens with zero attached hydrogens (tertiary/aromatic N) is 1. The molecule has 0 radical (unpaired) electrons. The first-order valence-electron chi connectivity index (χ1n) is 6.00. The molecule has 0 bridgehead atoms. The van der Waals surface area contributed by atoms with Crippen molar-refractivity contribution in [3.05, 3.63) is 18.3 Å². The number of hydrogen-bond donors (Lipinski definition) is 1. The van der Waals surface area contributed by atoms with E-state index in [0.29, 0.717) is 23.9 Å². The first kappa shape index (κ1) is 11.2. The smallest absolute Gasteiger partial charge is 0.237 e. The highest BCUT2D eigenvalue weighted by atomic mass is 16.5. The summed E-state index contributed by atoms with van der Waals surface area (Å²) in [5.41, 5.74) is 1.46. The number of aromatic nitrogens is 1. The molecule has 1 fully saturated rings. The van der Waals surface area contributed by atoms with Crippen LogP contribution in [0.15, 0.2) is 18.3 Å². The third-order valence-electron chi connectivity index (χ3n) is 3.51. The third kappa shape index (κ3) is 2.29. The number of hydrogen-bond acceptors (Lipinski definition) is 3. The predicted molar refractivity (Wildman–Crippen MR) is 65.8 cm³/mol. The highest BCUT2D eigenvalue weighted by Gasteiger charge is 2.42. The zero-order chi connectivity index (χ0) is 11.6. The van der Waals surface area contributed by atoms with Gasteiger partial charge in [0.05, 0.1) is 12.3 Å². The van der Waals surface area contributed by atoms with Gasteiger partial charge >= 0.3 is 0 Å². The highest BCUT2D eigenvalue weighted by Crippen LogP contribution is 2.49. The quantitative estimate of drug-likeness (QED) is 0.828. The average Bonchev–Trinajstić information content (AvgIpc) is 3.01. The summed E-state index contributed by atoms with van der Waals surface area (Å²) in [4.78, 5) is 4.24. The summed E-state index contributed by atoms with van der Waals surface area (Å²) >= 11 is 0. The second-order valence-corrected chi connectivity index (χ2v) is 4.81. The molecular formula is C13H20N2O. The molecule has 2 rings (SSSR count). The first-order valence-corrected chi connectivity index (χ1v) is 6.00. The number of anilines is 1. The summed E-state index contributed by atoms with van der Waals surface area (Å²) in [6.45, 7) is 7.18. The lowest BCUT2D eigenvalue weighted by Crippen LogP contribution is -2.25. The SMILES string of the molecule is CCOc1ncccc1NC(C)C1(C)CC1. The summed E-state index contributed by atoms with van der Waals surface area (Å²) < 4.78 is 5.50. The fraction of sp³-hybridized carbons (Fsp3) is 0.615. The van der Waals surface area contributed by atoms with E-state index in [1.54, 1.807) is 6.20 Å². The van der Waals surface area contributed by atoms with Crippen molar-refractivity contribution in [3.8, 4) is 5.88 Å². The molecule has 1 aromatic rings. The molecule has 3 heteroatoms. The van der Waals surface area contributed by atoms with E-state index in [4.69, 9.17) is 4.74 Å². The van der Waals surface area contributed by atoms with E-state index in [2.05, 4.69) is 24.1 Å². The molecule has 88 valence electrons. The lowest BCUT2D eigenvalue weighted by molar-refractivity contribution is 0.327. The van der Waals surface area contributed by atoms with Crippen molar-refractivity contribution in [3.63, 3.8) is 0 Å². The molecular weight excluding hydrogens is 200 g/mol. The summed E-state index contributed by atoms with van der Waals surface area (Å²) in [5.74, 6) is 0.709. The van der Waals surface area contributed by atoms with Gasteiger partial charge in [-0.2, -0.15) is 0 Å². The van der Waals surface area contributed by atoms with E-state index in [1.807, 2.05) is 19.1 Å². The van der Waals surface area contributed by atoms with E-state index >= 15 is 0 Å². The predicted octanol–water partition coefficient (Wildman–Crippen LogP) is 3.08. The van der Waals surface area contributed by atoms with E-state index in [-0.39, 0.29) is 0 Å². The second-order valence-electron chi connectivity index (χ2n) is 4.81. The van der Waals surface area contributed by atoms with Gasteiger partial charge in [0.2, 0.25) is 5.88 Å². The van der Waals surface area contributed by atoms with Crippen LogP contribution >= 0.6 is 0 Å². The minimum Gasteiger partial charge on any atom is -0.476 e. The fourth-order valence-corrected chi connectivity index (χ4v) is 1.79. The van der Waals surface area contributed by atoms with Gasteiger partial charge in [0, 0.05) is 12.2 Å². The van der Waals surface area contributed by atoms with Crippen molar-refractivity contribution >= 4 is 5.69 Å². The zero-order valence-corrected chi connectivity index (χ0v) is 10.3. The van der Waals surface area contributed by atoms with Gasteiger partial charge in [-0.15, -0.1) is 0 Å². The van der Waals surface area contributed by atoms with Crippen LogP contribution in [-0.2, 0) is 0 Å². The molecule has 1 atom stereocenters. The van der Waals surface area contributed by atoms with Gasteiger partial charge < -0.3 is 10.1 Å². The Morgan fingerprint density at radius 1 is 1.56 bits per heavy atom. The van der Waals surface area contributed by atoms with Gasteiger partial charge in [-0.25, -0.2) is 4.98 Å². The Hall–Kier alpha value is -1.25. The highest BCUT2D eigenvalue weighted by molar-refractivity contribution is 5.53. The standard InChI is InChI=1S/C13H20N2O/c1-4-16-12-11(6-5-9-14-12)15-10(2)13(3)7-8-13/h5-6,9-10,15H,4,7-8H2,1-3H3. The number of nitrogens with one attached hydrogen (secondary N) is 1. The van der Waals surface area contributed by atoms with Crippen LogP contribution in [0.1, 0.15) is 33.6 Å². The van der Waals surface area contributed by atoms with Gasteiger partial charge in [0.25, 0.3) is 0 Å². The molecule has 0 aromatic carbocycles. The maximum absolute atomic E-state index is 5.50. The molecule has 0 amide bonds. The third-order valence-corrected chi connectivity index (χ3v) is 3.51. The molecule has 1 unspecified atom stereocenters. The Balaban J connectivity index is 2.08. The fourth-order valence-electron chi connectivity index (χ4n) is 1.79. The van der Waals surface area contributed by atoms with Crippen LogP contribution < -0.4 is 10.1 Å². The van der Waals surface area contributed by atoms with Crippen LogP contribution in [0.5, 0.6) is 5.88 Å². The number of ether oxygens (including phenoxy) is 1. The summed E-state index contributed by atoms with van der Waals surface area (Å²) in [5, 5.41) is 3.51.